The van der Waals surface area contributed by atoms with Crippen molar-refractivity contribution in [2.75, 3.05) is 7.11 Å². The molecule has 3 aromatic rings. The van der Waals surface area contributed by atoms with Gasteiger partial charge in [-0.3, -0.25) is 4.79 Å². The first-order valence-corrected chi connectivity index (χ1v) is 6.82. The van der Waals surface area contributed by atoms with Crippen LogP contribution in [0.15, 0.2) is 33.5 Å². The highest BCUT2D eigenvalue weighted by molar-refractivity contribution is 5.91. The zero-order chi connectivity index (χ0) is 18.3. The second-order valence-electron chi connectivity index (χ2n) is 5.03. The van der Waals surface area contributed by atoms with E-state index in [1.54, 1.807) is 0 Å². The molecule has 0 unspecified atom stereocenters. The molecule has 9 heteroatoms. The molecule has 130 valence electrons. The summed E-state index contributed by atoms with van der Waals surface area (Å²) >= 11 is 0. The minimum Gasteiger partial charge on any atom is -0.504 e. The minimum atomic E-state index is -0.829. The van der Waals surface area contributed by atoms with E-state index in [0.717, 1.165) is 12.1 Å². The predicted octanol–water partition coefficient (Wildman–Crippen LogP) is 2.14. The molecule has 9 nitrogen and oxygen atoms in total. The van der Waals surface area contributed by atoms with Crippen LogP contribution in [-0.2, 0) is 0 Å². The predicted molar refractivity (Wildman–Crippen MR) is 84.4 cm³/mol. The van der Waals surface area contributed by atoms with Gasteiger partial charge in [-0.05, 0) is 18.2 Å². The summed E-state index contributed by atoms with van der Waals surface area (Å²) in [6.07, 6.45) is 0. The molecule has 0 amide bonds. The lowest BCUT2D eigenvalue weighted by Gasteiger charge is -2.12. The molecule has 1 heterocycles. The van der Waals surface area contributed by atoms with Gasteiger partial charge >= 0.3 is 0 Å². The highest BCUT2D eigenvalue weighted by Gasteiger charge is 2.24. The van der Waals surface area contributed by atoms with Gasteiger partial charge in [-0.15, -0.1) is 0 Å². The van der Waals surface area contributed by atoms with E-state index in [1.807, 2.05) is 0 Å². The van der Waals surface area contributed by atoms with Crippen LogP contribution in [0.4, 0.5) is 0 Å². The summed E-state index contributed by atoms with van der Waals surface area (Å²) < 4.78 is 10.6. The van der Waals surface area contributed by atoms with E-state index in [1.165, 1.54) is 19.2 Å². The van der Waals surface area contributed by atoms with Crippen molar-refractivity contribution in [3.05, 3.63) is 34.5 Å². The molecule has 0 spiro atoms. The molecule has 5 N–H and O–H groups in total. The molecule has 25 heavy (non-hydrogen) atoms. The Morgan fingerprint density at radius 2 is 1.68 bits per heavy atom. The normalized spacial score (nSPS) is 10.8. The van der Waals surface area contributed by atoms with Gasteiger partial charge in [0, 0.05) is 11.6 Å². The van der Waals surface area contributed by atoms with E-state index in [-0.39, 0.29) is 33.8 Å². The van der Waals surface area contributed by atoms with E-state index in [0.29, 0.717) is 0 Å². The Kier molecular flexibility index (Phi) is 3.78. The van der Waals surface area contributed by atoms with Crippen molar-refractivity contribution in [3.63, 3.8) is 0 Å². The number of aromatic hydroxyl groups is 4. The van der Waals surface area contributed by atoms with E-state index in [4.69, 9.17) is 14.4 Å². The van der Waals surface area contributed by atoms with Crippen LogP contribution in [-0.4, -0.2) is 32.8 Å². The average molecular weight is 348 g/mol. The van der Waals surface area contributed by atoms with Crippen molar-refractivity contribution in [1.82, 2.24) is 0 Å². The summed E-state index contributed by atoms with van der Waals surface area (Å²) in [5.41, 5.74) is -0.820. The van der Waals surface area contributed by atoms with Gasteiger partial charge in [-0.1, -0.05) is 0 Å². The lowest BCUT2D eigenvalue weighted by Crippen LogP contribution is -2.08. The third-order valence-corrected chi connectivity index (χ3v) is 3.58. The minimum absolute atomic E-state index is 0.105. The Labute approximate surface area is 139 Å². The first-order chi connectivity index (χ1) is 11.9. The molecule has 0 fully saturated rings. The van der Waals surface area contributed by atoms with Crippen LogP contribution < -0.4 is 15.1 Å². The van der Waals surface area contributed by atoms with Crippen molar-refractivity contribution in [3.8, 4) is 45.8 Å². The van der Waals surface area contributed by atoms with Gasteiger partial charge in [-0.25, -0.2) is 5.26 Å². The zero-order valence-corrected chi connectivity index (χ0v) is 12.7. The van der Waals surface area contributed by atoms with Crippen LogP contribution in [0.1, 0.15) is 0 Å². The Bertz CT molecular complexity index is 1040. The first-order valence-electron chi connectivity index (χ1n) is 6.82. The maximum absolute atomic E-state index is 12.6. The van der Waals surface area contributed by atoms with E-state index in [2.05, 4.69) is 4.89 Å². The summed E-state index contributed by atoms with van der Waals surface area (Å²) in [5.74, 6) is -3.43. The Balaban J connectivity index is 2.41. The second kappa shape index (κ2) is 5.80. The third kappa shape index (κ3) is 2.42. The molecule has 0 aliphatic heterocycles. The fourth-order valence-electron chi connectivity index (χ4n) is 2.42. The van der Waals surface area contributed by atoms with Crippen molar-refractivity contribution in [2.24, 2.45) is 0 Å². The number of phenolic OH excluding ortho intramolecular Hbond substituents is 4. The Morgan fingerprint density at radius 3 is 2.28 bits per heavy atom. The standard InChI is InChI=1S/C16H12O9/c1-23-16-13(21)11-10(5-9(19)15(25-22)12(11)20)24-14(16)6-2-3-7(17)8(18)4-6/h2-5,17-20,22H,1H3. The van der Waals surface area contributed by atoms with Crippen LogP contribution in [0.2, 0.25) is 0 Å². The van der Waals surface area contributed by atoms with Crippen molar-refractivity contribution in [1.29, 1.82) is 0 Å². The van der Waals surface area contributed by atoms with Crippen molar-refractivity contribution < 1.29 is 39.7 Å². The van der Waals surface area contributed by atoms with Gasteiger partial charge < -0.3 is 34.5 Å². The maximum Gasteiger partial charge on any atom is 0.249 e. The van der Waals surface area contributed by atoms with Crippen LogP contribution >= 0.6 is 0 Å². The molecular formula is C16H12O9. The van der Waals surface area contributed by atoms with E-state index >= 15 is 0 Å². The largest absolute Gasteiger partial charge is 0.504 e. The molecule has 0 saturated heterocycles. The summed E-state index contributed by atoms with van der Waals surface area (Å²) in [4.78, 5) is 16.5. The Hall–Kier alpha value is -3.59. The second-order valence-corrected chi connectivity index (χ2v) is 5.03. The van der Waals surface area contributed by atoms with Crippen LogP contribution in [0.3, 0.4) is 0 Å². The number of ether oxygens (including phenoxy) is 1. The molecule has 0 atom stereocenters. The molecule has 2 aromatic carbocycles. The van der Waals surface area contributed by atoms with E-state index < -0.39 is 28.4 Å². The fourth-order valence-corrected chi connectivity index (χ4v) is 2.42. The van der Waals surface area contributed by atoms with Crippen LogP contribution in [0.5, 0.6) is 34.5 Å². The SMILES string of the molecule is COc1c(-c2ccc(O)c(O)c2)oc2cc(O)c(OO)c(O)c2c1=O. The Morgan fingerprint density at radius 1 is 0.960 bits per heavy atom. The maximum atomic E-state index is 12.6. The van der Waals surface area contributed by atoms with Gasteiger partial charge in [0.05, 0.1) is 7.11 Å². The highest BCUT2D eigenvalue weighted by Crippen LogP contribution is 2.43. The number of hydrogen-bond acceptors (Lipinski definition) is 9. The van der Waals surface area contributed by atoms with Crippen molar-refractivity contribution in [2.45, 2.75) is 0 Å². The number of fused-ring (bicyclic) bond motifs is 1. The molecule has 0 radical (unpaired) electrons. The molecule has 0 aliphatic carbocycles. The highest BCUT2D eigenvalue weighted by atomic mass is 17.1. The van der Waals surface area contributed by atoms with Gasteiger partial charge in [0.2, 0.25) is 16.9 Å². The topological polar surface area (TPSA) is 150 Å². The summed E-state index contributed by atoms with van der Waals surface area (Å²) in [6.45, 7) is 0. The fraction of sp³-hybridized carbons (Fsp3) is 0.0625. The van der Waals surface area contributed by atoms with Gasteiger partial charge in [0.15, 0.2) is 28.8 Å². The average Bonchev–Trinajstić information content (AvgIpc) is 2.57. The molecule has 0 aliphatic rings. The molecule has 3 rings (SSSR count). The monoisotopic (exact) mass is 348 g/mol. The molecule has 0 saturated carbocycles. The number of benzene rings is 2. The van der Waals surface area contributed by atoms with E-state index in [9.17, 15) is 25.2 Å². The van der Waals surface area contributed by atoms with Gasteiger partial charge in [0.1, 0.15) is 11.0 Å². The van der Waals surface area contributed by atoms with Crippen LogP contribution in [0.25, 0.3) is 22.3 Å². The van der Waals surface area contributed by atoms with Gasteiger partial charge in [-0.2, -0.15) is 0 Å². The zero-order valence-electron chi connectivity index (χ0n) is 12.7. The molecule has 1 aromatic heterocycles. The first kappa shape index (κ1) is 16.3. The summed E-state index contributed by atoms with van der Waals surface area (Å²) in [7, 11) is 1.20. The summed E-state index contributed by atoms with van der Waals surface area (Å²) in [5, 5.41) is 47.1. The number of phenols is 4. The quantitative estimate of drug-likeness (QED) is 0.272. The number of rotatable bonds is 3. The number of methoxy groups -OCH3 is 1. The number of hydrogen-bond donors (Lipinski definition) is 5. The lowest BCUT2D eigenvalue weighted by molar-refractivity contribution is -0.140. The third-order valence-electron chi connectivity index (χ3n) is 3.58. The smallest absolute Gasteiger partial charge is 0.249 e. The van der Waals surface area contributed by atoms with Gasteiger partial charge in [0.25, 0.3) is 0 Å². The lowest BCUT2D eigenvalue weighted by atomic mass is 10.1. The van der Waals surface area contributed by atoms with Crippen molar-refractivity contribution >= 4 is 11.0 Å². The molecular weight excluding hydrogens is 336 g/mol. The summed E-state index contributed by atoms with van der Waals surface area (Å²) in [6, 6.07) is 4.66. The molecule has 0 bridgehead atoms. The van der Waals surface area contributed by atoms with Crippen LogP contribution in [0, 0.1) is 0 Å².